The molecule has 6 rings (SSSR count). The summed E-state index contributed by atoms with van der Waals surface area (Å²) in [5.41, 5.74) is 2.13. The minimum absolute atomic E-state index is 0.122. The normalized spacial score (nSPS) is 45.2. The highest BCUT2D eigenvalue weighted by Gasteiger charge is 2.84. The highest BCUT2D eigenvalue weighted by Crippen LogP contribution is 2.76. The van der Waals surface area contributed by atoms with Gasteiger partial charge in [0, 0.05) is 18.5 Å². The molecule has 1 aromatic carbocycles. The van der Waals surface area contributed by atoms with Crippen LogP contribution in [0.2, 0.25) is 0 Å². The molecule has 5 nitrogen and oxygen atoms in total. The molecule has 0 bridgehead atoms. The Bertz CT molecular complexity index is 812. The Balaban J connectivity index is 1.66. The van der Waals surface area contributed by atoms with Crippen LogP contribution in [0.5, 0.6) is 5.75 Å². The summed E-state index contributed by atoms with van der Waals surface area (Å²) < 4.78 is 12.5. The van der Waals surface area contributed by atoms with Crippen molar-refractivity contribution < 1.29 is 14.3 Å². The number of fused-ring (bicyclic) bond motifs is 1. The van der Waals surface area contributed by atoms with E-state index in [2.05, 4.69) is 24.0 Å². The van der Waals surface area contributed by atoms with E-state index in [0.717, 1.165) is 50.2 Å². The quantitative estimate of drug-likeness (QED) is 0.766. The summed E-state index contributed by atoms with van der Waals surface area (Å²) >= 11 is 0. The largest absolute Gasteiger partial charge is 0.495 e. The van der Waals surface area contributed by atoms with Crippen LogP contribution in [0.15, 0.2) is 18.2 Å². The van der Waals surface area contributed by atoms with Gasteiger partial charge in [0.25, 0.3) is 0 Å². The molecule has 5 atom stereocenters. The smallest absolute Gasteiger partial charge is 0.214 e. The Morgan fingerprint density at radius 1 is 1.27 bits per heavy atom. The molecule has 1 amide bonds. The van der Waals surface area contributed by atoms with Crippen LogP contribution in [0.25, 0.3) is 0 Å². The van der Waals surface area contributed by atoms with Crippen molar-refractivity contribution in [3.63, 3.8) is 0 Å². The lowest BCUT2D eigenvalue weighted by molar-refractivity contribution is -0.413. The third-order valence-electron chi connectivity index (χ3n) is 8.52. The van der Waals surface area contributed by atoms with Crippen molar-refractivity contribution in [1.29, 1.82) is 0 Å². The van der Waals surface area contributed by atoms with Crippen molar-refractivity contribution in [2.45, 2.75) is 62.3 Å². The van der Waals surface area contributed by atoms with Crippen molar-refractivity contribution in [3.8, 4) is 5.75 Å². The van der Waals surface area contributed by atoms with Gasteiger partial charge in [-0.25, -0.2) is 0 Å². The van der Waals surface area contributed by atoms with Gasteiger partial charge in [0.1, 0.15) is 11.5 Å². The first-order chi connectivity index (χ1) is 12.7. The van der Waals surface area contributed by atoms with Crippen LogP contribution in [0.3, 0.4) is 0 Å². The van der Waals surface area contributed by atoms with Gasteiger partial charge >= 0.3 is 0 Å². The lowest BCUT2D eigenvalue weighted by atomic mass is 9.46. The first kappa shape index (κ1) is 15.5. The third-order valence-corrected chi connectivity index (χ3v) is 8.52. The number of anilines is 1. The average molecular weight is 354 g/mol. The summed E-state index contributed by atoms with van der Waals surface area (Å²) in [6, 6.07) is 6.46. The van der Waals surface area contributed by atoms with E-state index in [1.54, 1.807) is 7.11 Å². The summed E-state index contributed by atoms with van der Waals surface area (Å²) in [7, 11) is 1.70. The number of hydrogen-bond acceptors (Lipinski definition) is 4. The number of hydrogen-bond donors (Lipinski definition) is 0. The van der Waals surface area contributed by atoms with Gasteiger partial charge < -0.3 is 14.4 Å². The zero-order chi connectivity index (χ0) is 17.7. The Kier molecular flexibility index (Phi) is 2.75. The van der Waals surface area contributed by atoms with Gasteiger partial charge in [-0.15, -0.1) is 0 Å². The van der Waals surface area contributed by atoms with Crippen molar-refractivity contribution in [3.05, 3.63) is 23.8 Å². The summed E-state index contributed by atoms with van der Waals surface area (Å²) in [5.74, 6) is 0.807. The molecule has 0 aromatic heterocycles. The van der Waals surface area contributed by atoms with Gasteiger partial charge in [0.15, 0.2) is 0 Å². The maximum atomic E-state index is 12.2. The van der Waals surface area contributed by atoms with E-state index in [0.29, 0.717) is 6.10 Å². The van der Waals surface area contributed by atoms with Crippen molar-refractivity contribution in [2.75, 3.05) is 25.1 Å². The van der Waals surface area contributed by atoms with E-state index < -0.39 is 0 Å². The van der Waals surface area contributed by atoms with E-state index >= 15 is 0 Å². The second-order valence-electron chi connectivity index (χ2n) is 8.80. The number of nitrogens with zero attached hydrogens (tertiary/aromatic N) is 2. The number of methoxy groups -OCH3 is 1. The Labute approximate surface area is 154 Å². The summed E-state index contributed by atoms with van der Waals surface area (Å²) in [6.07, 6.45) is 7.12. The number of ether oxygens (including phenoxy) is 2. The molecule has 1 unspecified atom stereocenters. The van der Waals surface area contributed by atoms with E-state index in [4.69, 9.17) is 9.47 Å². The molecule has 1 aromatic rings. The molecule has 3 saturated heterocycles. The second kappa shape index (κ2) is 4.63. The molecule has 0 N–H and O–H groups in total. The predicted molar refractivity (Wildman–Crippen MR) is 97.4 cm³/mol. The lowest BCUT2D eigenvalue weighted by Crippen LogP contribution is -2.84. The zero-order valence-corrected chi connectivity index (χ0v) is 15.5. The Morgan fingerprint density at radius 3 is 2.92 bits per heavy atom. The second-order valence-corrected chi connectivity index (χ2v) is 8.80. The first-order valence-corrected chi connectivity index (χ1v) is 10.0. The van der Waals surface area contributed by atoms with E-state index in [-0.39, 0.29) is 22.6 Å². The number of para-hydroxylation sites is 1. The van der Waals surface area contributed by atoms with E-state index in [1.807, 2.05) is 11.0 Å². The molecule has 5 aliphatic rings. The minimum Gasteiger partial charge on any atom is -0.495 e. The fourth-order valence-corrected chi connectivity index (χ4v) is 7.79. The highest BCUT2D eigenvalue weighted by molar-refractivity contribution is 5.88. The van der Waals surface area contributed by atoms with Gasteiger partial charge in [-0.3, -0.25) is 9.69 Å². The molecule has 4 heterocycles. The van der Waals surface area contributed by atoms with Crippen LogP contribution >= 0.6 is 0 Å². The number of carbonyl (C=O) groups is 1. The molecule has 1 aliphatic carbocycles. The standard InChI is InChI=1S/C21H26N2O3/c1-14-19-8-4-11-22-12-10-20(21(19,22)26-14)15-5-3-6-16(25-2)18(15)23(13-24)17(20)7-9-19/h3,5-6,13-14,17H,4,7-12H2,1-2H3/t14?,17-,19-,20-,21+/m1/s1. The van der Waals surface area contributed by atoms with Gasteiger partial charge in [-0.1, -0.05) is 12.1 Å². The molecule has 0 radical (unpaired) electrons. The fourth-order valence-electron chi connectivity index (χ4n) is 7.79. The van der Waals surface area contributed by atoms with Gasteiger partial charge in [-0.2, -0.15) is 0 Å². The van der Waals surface area contributed by atoms with Crippen LogP contribution in [-0.2, 0) is 14.9 Å². The van der Waals surface area contributed by atoms with Gasteiger partial charge in [0.2, 0.25) is 6.41 Å². The van der Waals surface area contributed by atoms with Crippen molar-refractivity contribution >= 4 is 12.1 Å². The maximum Gasteiger partial charge on any atom is 0.214 e. The molecule has 2 spiro atoms. The van der Waals surface area contributed by atoms with Crippen LogP contribution in [0, 0.1) is 5.41 Å². The molecule has 4 fully saturated rings. The summed E-state index contributed by atoms with van der Waals surface area (Å²) in [5, 5.41) is 0. The van der Waals surface area contributed by atoms with Crippen molar-refractivity contribution in [2.24, 2.45) is 5.41 Å². The SMILES string of the molecule is COc1cccc2c1N(C=O)[C@@H]1CC[C@@]34CCCN5CC[C@@]21[C@]53OC4C. The van der Waals surface area contributed by atoms with Crippen LogP contribution in [-0.4, -0.2) is 49.4 Å². The molecule has 4 aliphatic heterocycles. The average Bonchev–Trinajstić information content (AvgIpc) is 3.15. The number of carbonyl (C=O) groups excluding carboxylic acids is 1. The number of amides is 1. The maximum absolute atomic E-state index is 12.2. The third kappa shape index (κ3) is 1.26. The highest BCUT2D eigenvalue weighted by atomic mass is 16.6. The molecule has 1 saturated carbocycles. The molecular formula is C21H26N2O3. The number of rotatable bonds is 2. The predicted octanol–water partition coefficient (Wildman–Crippen LogP) is 2.67. The number of benzene rings is 1. The fraction of sp³-hybridized carbons (Fsp3) is 0.667. The molecule has 26 heavy (non-hydrogen) atoms. The van der Waals surface area contributed by atoms with Crippen LogP contribution in [0.4, 0.5) is 5.69 Å². The molecular weight excluding hydrogens is 328 g/mol. The summed E-state index contributed by atoms with van der Waals surface area (Å²) in [6.45, 7) is 4.44. The van der Waals surface area contributed by atoms with Gasteiger partial charge in [0.05, 0.1) is 30.4 Å². The molecule has 5 heteroatoms. The van der Waals surface area contributed by atoms with E-state index in [1.165, 1.54) is 18.4 Å². The summed E-state index contributed by atoms with van der Waals surface area (Å²) in [4.78, 5) is 16.8. The topological polar surface area (TPSA) is 42.0 Å². The van der Waals surface area contributed by atoms with Crippen molar-refractivity contribution in [1.82, 2.24) is 4.90 Å². The Hall–Kier alpha value is -1.59. The Morgan fingerprint density at radius 2 is 2.15 bits per heavy atom. The molecule has 138 valence electrons. The lowest BCUT2D eigenvalue weighted by Gasteiger charge is -2.74. The van der Waals surface area contributed by atoms with Crippen LogP contribution < -0.4 is 9.64 Å². The number of piperidine rings is 1. The minimum atomic E-state index is -0.237. The van der Waals surface area contributed by atoms with E-state index in [9.17, 15) is 4.79 Å². The van der Waals surface area contributed by atoms with Gasteiger partial charge in [-0.05, 0) is 50.7 Å². The zero-order valence-electron chi connectivity index (χ0n) is 15.5. The van der Waals surface area contributed by atoms with Crippen LogP contribution in [0.1, 0.15) is 44.6 Å². The first-order valence-electron chi connectivity index (χ1n) is 10.0. The monoisotopic (exact) mass is 354 g/mol.